The van der Waals surface area contributed by atoms with Gasteiger partial charge in [-0.15, -0.1) is 0 Å². The van der Waals surface area contributed by atoms with Crippen molar-refractivity contribution < 1.29 is 14.6 Å². The topological polar surface area (TPSA) is 70.8 Å². The Labute approximate surface area is 165 Å². The largest absolute Gasteiger partial charge is 0.479 e. The van der Waals surface area contributed by atoms with Crippen LogP contribution in [0.3, 0.4) is 0 Å². The quantitative estimate of drug-likeness (QED) is 0.851. The molecule has 28 heavy (non-hydrogen) atoms. The Morgan fingerprint density at radius 3 is 2.61 bits per heavy atom. The first-order chi connectivity index (χ1) is 13.6. The SMILES string of the molecule is Cc1cnn(C2(C(=O)O)CCN(Cc3cccc(N4CCOCC4)c3)CC2)c1. The summed E-state index contributed by atoms with van der Waals surface area (Å²) in [4.78, 5) is 16.8. The summed E-state index contributed by atoms with van der Waals surface area (Å²) < 4.78 is 7.10. The van der Waals surface area contributed by atoms with Gasteiger partial charge >= 0.3 is 5.97 Å². The number of benzene rings is 1. The zero-order chi connectivity index (χ0) is 19.6. The van der Waals surface area contributed by atoms with Gasteiger partial charge in [-0.05, 0) is 43.0 Å². The first kappa shape index (κ1) is 19.0. The highest BCUT2D eigenvalue weighted by molar-refractivity contribution is 5.76. The van der Waals surface area contributed by atoms with Crippen molar-refractivity contribution >= 4 is 11.7 Å². The van der Waals surface area contributed by atoms with E-state index in [4.69, 9.17) is 4.74 Å². The summed E-state index contributed by atoms with van der Waals surface area (Å²) in [5.74, 6) is -0.787. The van der Waals surface area contributed by atoms with E-state index in [1.165, 1.54) is 11.3 Å². The van der Waals surface area contributed by atoms with E-state index in [0.717, 1.165) is 51.5 Å². The summed E-state index contributed by atoms with van der Waals surface area (Å²) in [6, 6.07) is 8.67. The minimum atomic E-state index is -0.930. The molecule has 3 heterocycles. The molecule has 2 aromatic rings. The van der Waals surface area contributed by atoms with Gasteiger partial charge in [0.15, 0.2) is 5.54 Å². The molecule has 1 aromatic heterocycles. The van der Waals surface area contributed by atoms with Crippen molar-refractivity contribution in [1.82, 2.24) is 14.7 Å². The number of ether oxygens (including phenoxy) is 1. The molecule has 0 amide bonds. The number of rotatable bonds is 5. The first-order valence-electron chi connectivity index (χ1n) is 9.96. The van der Waals surface area contributed by atoms with Crippen LogP contribution in [0.15, 0.2) is 36.7 Å². The van der Waals surface area contributed by atoms with Gasteiger partial charge in [-0.1, -0.05) is 12.1 Å². The Morgan fingerprint density at radius 1 is 1.21 bits per heavy atom. The maximum absolute atomic E-state index is 12.1. The summed E-state index contributed by atoms with van der Waals surface area (Å²) in [7, 11) is 0. The van der Waals surface area contributed by atoms with Crippen LogP contribution in [-0.2, 0) is 21.6 Å². The number of likely N-dealkylation sites (tertiary alicyclic amines) is 1. The fourth-order valence-corrected chi connectivity index (χ4v) is 4.20. The molecule has 1 aromatic carbocycles. The highest BCUT2D eigenvalue weighted by Gasteiger charge is 2.44. The number of hydrogen-bond donors (Lipinski definition) is 1. The minimum Gasteiger partial charge on any atom is -0.479 e. The number of nitrogens with zero attached hydrogens (tertiary/aromatic N) is 4. The number of carboxylic acids is 1. The van der Waals surface area contributed by atoms with E-state index in [9.17, 15) is 9.90 Å². The Balaban J connectivity index is 1.42. The number of anilines is 1. The molecule has 7 nitrogen and oxygen atoms in total. The van der Waals surface area contributed by atoms with Crippen LogP contribution in [0.1, 0.15) is 24.0 Å². The van der Waals surface area contributed by atoms with Crippen LogP contribution in [0.5, 0.6) is 0 Å². The van der Waals surface area contributed by atoms with Crippen molar-refractivity contribution in [3.63, 3.8) is 0 Å². The van der Waals surface area contributed by atoms with Crippen molar-refractivity contribution in [3.05, 3.63) is 47.8 Å². The molecule has 2 aliphatic heterocycles. The third-order valence-corrected chi connectivity index (χ3v) is 5.92. The van der Waals surface area contributed by atoms with Crippen LogP contribution < -0.4 is 4.90 Å². The number of carbonyl (C=O) groups is 1. The van der Waals surface area contributed by atoms with Gasteiger partial charge in [-0.25, -0.2) is 4.79 Å². The number of carboxylic acid groups (broad SMARTS) is 1. The van der Waals surface area contributed by atoms with E-state index in [2.05, 4.69) is 39.2 Å². The smallest absolute Gasteiger partial charge is 0.331 e. The van der Waals surface area contributed by atoms with Gasteiger partial charge in [0.25, 0.3) is 0 Å². The minimum absolute atomic E-state index is 0.562. The molecular weight excluding hydrogens is 356 g/mol. The lowest BCUT2D eigenvalue weighted by Crippen LogP contribution is -2.51. The van der Waals surface area contributed by atoms with E-state index in [1.54, 1.807) is 10.9 Å². The van der Waals surface area contributed by atoms with Gasteiger partial charge in [0, 0.05) is 44.6 Å². The van der Waals surface area contributed by atoms with Crippen LogP contribution in [0.25, 0.3) is 0 Å². The monoisotopic (exact) mass is 384 g/mol. The number of morpholine rings is 1. The van der Waals surface area contributed by atoms with Crippen molar-refractivity contribution in [2.24, 2.45) is 0 Å². The van der Waals surface area contributed by atoms with Crippen LogP contribution in [0, 0.1) is 6.92 Å². The standard InChI is InChI=1S/C21H28N4O3/c1-17-14-22-25(15-17)21(20(26)27)5-7-23(8-6-21)16-18-3-2-4-19(13-18)24-9-11-28-12-10-24/h2-4,13-15H,5-12,16H2,1H3,(H,26,27). The fraction of sp³-hybridized carbons (Fsp3) is 0.524. The highest BCUT2D eigenvalue weighted by atomic mass is 16.5. The van der Waals surface area contributed by atoms with Crippen LogP contribution >= 0.6 is 0 Å². The number of aliphatic carboxylic acids is 1. The summed E-state index contributed by atoms with van der Waals surface area (Å²) in [5, 5.41) is 14.2. The number of piperidine rings is 1. The third-order valence-electron chi connectivity index (χ3n) is 5.92. The first-order valence-corrected chi connectivity index (χ1v) is 9.96. The van der Waals surface area contributed by atoms with Gasteiger partial charge < -0.3 is 14.7 Å². The molecule has 150 valence electrons. The van der Waals surface area contributed by atoms with E-state index in [-0.39, 0.29) is 0 Å². The van der Waals surface area contributed by atoms with Gasteiger partial charge in [0.05, 0.1) is 19.4 Å². The number of aryl methyl sites for hydroxylation is 1. The average molecular weight is 384 g/mol. The lowest BCUT2D eigenvalue weighted by atomic mass is 9.87. The van der Waals surface area contributed by atoms with Gasteiger partial charge in [-0.2, -0.15) is 5.10 Å². The van der Waals surface area contributed by atoms with E-state index in [0.29, 0.717) is 12.8 Å². The molecule has 0 bridgehead atoms. The van der Waals surface area contributed by atoms with Crippen molar-refractivity contribution in [3.8, 4) is 0 Å². The number of aromatic nitrogens is 2. The Hall–Kier alpha value is -2.38. The summed E-state index contributed by atoms with van der Waals surface area (Å²) >= 11 is 0. The van der Waals surface area contributed by atoms with Gasteiger partial charge in [0.2, 0.25) is 0 Å². The molecule has 2 aliphatic rings. The molecule has 1 N–H and O–H groups in total. The van der Waals surface area contributed by atoms with Crippen LogP contribution in [-0.4, -0.2) is 65.1 Å². The van der Waals surface area contributed by atoms with Crippen molar-refractivity contribution in [2.45, 2.75) is 31.8 Å². The molecule has 0 saturated carbocycles. The zero-order valence-electron chi connectivity index (χ0n) is 16.4. The summed E-state index contributed by atoms with van der Waals surface area (Å²) in [6.07, 6.45) is 4.70. The molecule has 0 spiro atoms. The van der Waals surface area contributed by atoms with Crippen LogP contribution in [0.4, 0.5) is 5.69 Å². The van der Waals surface area contributed by atoms with E-state index >= 15 is 0 Å². The fourth-order valence-electron chi connectivity index (χ4n) is 4.20. The van der Waals surface area contributed by atoms with Crippen molar-refractivity contribution in [2.75, 3.05) is 44.3 Å². The van der Waals surface area contributed by atoms with Gasteiger partial charge in [0.1, 0.15) is 0 Å². The zero-order valence-corrected chi connectivity index (χ0v) is 16.4. The maximum Gasteiger partial charge on any atom is 0.331 e. The van der Waals surface area contributed by atoms with Crippen molar-refractivity contribution in [1.29, 1.82) is 0 Å². The Bertz CT molecular complexity index is 821. The highest BCUT2D eigenvalue weighted by Crippen LogP contribution is 2.31. The van der Waals surface area contributed by atoms with Crippen LogP contribution in [0.2, 0.25) is 0 Å². The van der Waals surface area contributed by atoms with E-state index < -0.39 is 11.5 Å². The maximum atomic E-state index is 12.1. The molecule has 0 atom stereocenters. The number of hydrogen-bond acceptors (Lipinski definition) is 5. The molecule has 2 saturated heterocycles. The normalized spacial score (nSPS) is 20.2. The lowest BCUT2D eigenvalue weighted by Gasteiger charge is -2.39. The van der Waals surface area contributed by atoms with Gasteiger partial charge in [-0.3, -0.25) is 9.58 Å². The molecule has 2 fully saturated rings. The predicted octanol–water partition coefficient (Wildman–Crippen LogP) is 2.10. The summed E-state index contributed by atoms with van der Waals surface area (Å²) in [5.41, 5.74) is 2.56. The molecule has 4 rings (SSSR count). The Morgan fingerprint density at radius 2 is 1.96 bits per heavy atom. The second kappa shape index (κ2) is 7.93. The predicted molar refractivity (Wildman–Crippen MR) is 107 cm³/mol. The second-order valence-electron chi connectivity index (χ2n) is 7.84. The molecule has 0 radical (unpaired) electrons. The second-order valence-corrected chi connectivity index (χ2v) is 7.84. The molecule has 0 unspecified atom stereocenters. The molecule has 7 heteroatoms. The lowest BCUT2D eigenvalue weighted by molar-refractivity contribution is -0.151. The molecular formula is C21H28N4O3. The summed E-state index contributed by atoms with van der Waals surface area (Å²) in [6.45, 7) is 7.68. The third kappa shape index (κ3) is 3.77. The average Bonchev–Trinajstić information content (AvgIpc) is 3.16. The Kier molecular flexibility index (Phi) is 5.37. The van der Waals surface area contributed by atoms with E-state index in [1.807, 2.05) is 13.1 Å². The molecule has 0 aliphatic carbocycles.